The van der Waals surface area contributed by atoms with Crippen LogP contribution in [0.2, 0.25) is 0 Å². The largest absolute Gasteiger partial charge is 0.464 e. The Morgan fingerprint density at radius 1 is 0.868 bits per heavy atom. The summed E-state index contributed by atoms with van der Waals surface area (Å²) in [7, 11) is 0. The van der Waals surface area contributed by atoms with Crippen LogP contribution in [0.25, 0.3) is 11.0 Å². The van der Waals surface area contributed by atoms with E-state index in [2.05, 4.69) is 6.58 Å². The Labute approximate surface area is 222 Å². The predicted octanol–water partition coefficient (Wildman–Crippen LogP) is 5.28. The Morgan fingerprint density at radius 3 is 2.24 bits per heavy atom. The van der Waals surface area contributed by atoms with Crippen LogP contribution >= 0.6 is 0 Å². The minimum absolute atomic E-state index is 0.0695. The van der Waals surface area contributed by atoms with Gasteiger partial charge in [-0.25, -0.2) is 0 Å². The van der Waals surface area contributed by atoms with E-state index >= 15 is 0 Å². The molecule has 6 nitrogen and oxygen atoms in total. The van der Waals surface area contributed by atoms with Gasteiger partial charge in [-0.2, -0.15) is 0 Å². The van der Waals surface area contributed by atoms with Crippen LogP contribution in [0.5, 0.6) is 0 Å². The first-order valence-corrected chi connectivity index (χ1v) is 12.7. The summed E-state index contributed by atoms with van der Waals surface area (Å²) in [5.74, 6) is -0.380. The summed E-state index contributed by atoms with van der Waals surface area (Å²) < 4.78 is 5.73. The number of nitrogens with zero attached hydrogens (tertiary/aromatic N) is 2. The van der Waals surface area contributed by atoms with E-state index in [0.29, 0.717) is 29.5 Å². The van der Waals surface area contributed by atoms with E-state index in [4.69, 9.17) is 4.42 Å². The standard InChI is InChI=1S/C32H32N2O4/c1-3-18-33(30(35)17-15-25-10-6-4-7-11-25)22-31(36)34(20-26-12-8-5-9-13-26)21-27-23-38-29-16-14-24(2)19-28(29)32(27)37/h3-14,16,19,23H,1,15,17-18,20-22H2,2H3. The quantitative estimate of drug-likeness (QED) is 0.259. The van der Waals surface area contributed by atoms with Crippen molar-refractivity contribution in [2.45, 2.75) is 32.9 Å². The minimum Gasteiger partial charge on any atom is -0.464 e. The predicted molar refractivity (Wildman–Crippen MR) is 149 cm³/mol. The zero-order chi connectivity index (χ0) is 26.9. The number of fused-ring (bicyclic) bond motifs is 1. The fraction of sp³-hybridized carbons (Fsp3) is 0.219. The van der Waals surface area contributed by atoms with E-state index in [1.54, 1.807) is 23.1 Å². The summed E-state index contributed by atoms with van der Waals surface area (Å²) in [5.41, 5.74) is 3.67. The molecule has 194 valence electrons. The third kappa shape index (κ3) is 6.85. The third-order valence-electron chi connectivity index (χ3n) is 6.43. The SMILES string of the molecule is C=CCN(CC(=O)N(Cc1ccccc1)Cc1coc2ccc(C)cc2c1=O)C(=O)CCc1ccccc1. The highest BCUT2D eigenvalue weighted by molar-refractivity contribution is 5.85. The van der Waals surface area contributed by atoms with Crippen molar-refractivity contribution in [3.8, 4) is 0 Å². The van der Waals surface area contributed by atoms with Gasteiger partial charge in [0.2, 0.25) is 11.8 Å². The lowest BCUT2D eigenvalue weighted by Crippen LogP contribution is -2.43. The van der Waals surface area contributed by atoms with Crippen molar-refractivity contribution in [1.29, 1.82) is 0 Å². The monoisotopic (exact) mass is 508 g/mol. The van der Waals surface area contributed by atoms with Crippen LogP contribution in [0.4, 0.5) is 0 Å². The maximum atomic E-state index is 13.6. The average Bonchev–Trinajstić information content (AvgIpc) is 2.94. The molecular formula is C32H32N2O4. The van der Waals surface area contributed by atoms with Crippen LogP contribution in [-0.4, -0.2) is 34.7 Å². The third-order valence-corrected chi connectivity index (χ3v) is 6.43. The molecule has 4 rings (SSSR count). The molecule has 0 aliphatic carbocycles. The van der Waals surface area contributed by atoms with Gasteiger partial charge in [-0.3, -0.25) is 14.4 Å². The summed E-state index contributed by atoms with van der Waals surface area (Å²) in [6.45, 7) is 6.20. The molecule has 0 N–H and O–H groups in total. The van der Waals surface area contributed by atoms with Gasteiger partial charge in [0.15, 0.2) is 5.43 Å². The van der Waals surface area contributed by atoms with Gasteiger partial charge in [-0.1, -0.05) is 78.4 Å². The van der Waals surface area contributed by atoms with E-state index in [-0.39, 0.29) is 43.3 Å². The van der Waals surface area contributed by atoms with Crippen LogP contribution in [0, 0.1) is 6.92 Å². The molecule has 1 aromatic heterocycles. The Morgan fingerprint density at radius 2 is 1.55 bits per heavy atom. The summed E-state index contributed by atoms with van der Waals surface area (Å²) in [5, 5.41) is 0.485. The van der Waals surface area contributed by atoms with Gasteiger partial charge >= 0.3 is 0 Å². The van der Waals surface area contributed by atoms with Crippen LogP contribution in [-0.2, 0) is 29.1 Å². The molecule has 0 spiro atoms. The van der Waals surface area contributed by atoms with Crippen molar-refractivity contribution in [1.82, 2.24) is 9.80 Å². The second kappa shape index (κ2) is 12.7. The maximum absolute atomic E-state index is 13.6. The first-order chi connectivity index (χ1) is 18.4. The van der Waals surface area contributed by atoms with Crippen molar-refractivity contribution in [3.63, 3.8) is 0 Å². The lowest BCUT2D eigenvalue weighted by atomic mass is 10.1. The average molecular weight is 509 g/mol. The van der Waals surface area contributed by atoms with E-state index in [0.717, 1.165) is 16.7 Å². The number of hydrogen-bond donors (Lipinski definition) is 0. The Bertz CT molecular complexity index is 1460. The number of amides is 2. The zero-order valence-electron chi connectivity index (χ0n) is 21.6. The van der Waals surface area contributed by atoms with E-state index < -0.39 is 0 Å². The van der Waals surface area contributed by atoms with E-state index in [1.165, 1.54) is 11.2 Å². The topological polar surface area (TPSA) is 70.8 Å². The number of rotatable bonds is 11. The highest BCUT2D eigenvalue weighted by Gasteiger charge is 2.22. The molecule has 4 aromatic rings. The van der Waals surface area contributed by atoms with Crippen LogP contribution < -0.4 is 5.43 Å². The number of aryl methyl sites for hydroxylation is 2. The zero-order valence-corrected chi connectivity index (χ0v) is 21.6. The Kier molecular flexibility index (Phi) is 8.88. The van der Waals surface area contributed by atoms with Gasteiger partial charge in [0.25, 0.3) is 0 Å². The summed E-state index contributed by atoms with van der Waals surface area (Å²) >= 11 is 0. The summed E-state index contributed by atoms with van der Waals surface area (Å²) in [4.78, 5) is 43.1. The van der Waals surface area contributed by atoms with Gasteiger partial charge in [-0.15, -0.1) is 6.58 Å². The molecule has 0 saturated heterocycles. The second-order valence-electron chi connectivity index (χ2n) is 9.37. The van der Waals surface area contributed by atoms with Crippen molar-refractivity contribution >= 4 is 22.8 Å². The summed E-state index contributed by atoms with van der Waals surface area (Å²) in [6, 6.07) is 24.8. The van der Waals surface area contributed by atoms with Crippen LogP contribution in [0.1, 0.15) is 28.7 Å². The number of hydrogen-bond acceptors (Lipinski definition) is 4. The van der Waals surface area contributed by atoms with Gasteiger partial charge in [0, 0.05) is 19.5 Å². The molecule has 0 unspecified atom stereocenters. The Hall–Kier alpha value is -4.45. The first-order valence-electron chi connectivity index (χ1n) is 12.7. The van der Waals surface area contributed by atoms with Crippen molar-refractivity contribution in [2.75, 3.05) is 13.1 Å². The fourth-order valence-electron chi connectivity index (χ4n) is 4.36. The molecule has 1 heterocycles. The molecule has 0 atom stereocenters. The fourth-order valence-corrected chi connectivity index (χ4v) is 4.36. The normalized spacial score (nSPS) is 10.8. The molecule has 2 amide bonds. The van der Waals surface area contributed by atoms with E-state index in [1.807, 2.05) is 73.7 Å². The molecule has 3 aromatic carbocycles. The van der Waals surface area contributed by atoms with Crippen LogP contribution in [0.15, 0.2) is 107 Å². The molecule has 0 aliphatic rings. The molecule has 0 fully saturated rings. The smallest absolute Gasteiger partial charge is 0.242 e. The summed E-state index contributed by atoms with van der Waals surface area (Å²) in [6.07, 6.45) is 3.93. The number of benzene rings is 3. The highest BCUT2D eigenvalue weighted by atomic mass is 16.3. The van der Waals surface area contributed by atoms with Gasteiger partial charge < -0.3 is 14.2 Å². The van der Waals surface area contributed by atoms with Crippen molar-refractivity contribution < 1.29 is 14.0 Å². The maximum Gasteiger partial charge on any atom is 0.242 e. The minimum atomic E-state index is -0.257. The Balaban J connectivity index is 1.55. The van der Waals surface area contributed by atoms with Gasteiger partial charge in [0.1, 0.15) is 12.1 Å². The van der Waals surface area contributed by atoms with Gasteiger partial charge in [0.05, 0.1) is 23.8 Å². The molecule has 0 saturated carbocycles. The molecule has 0 radical (unpaired) electrons. The molecule has 0 bridgehead atoms. The lowest BCUT2D eigenvalue weighted by Gasteiger charge is -2.27. The van der Waals surface area contributed by atoms with Crippen molar-refractivity contribution in [2.24, 2.45) is 0 Å². The number of carbonyl (C=O) groups is 2. The van der Waals surface area contributed by atoms with Crippen molar-refractivity contribution in [3.05, 3.63) is 130 Å². The number of carbonyl (C=O) groups excluding carboxylic acids is 2. The molecule has 6 heteroatoms. The molecule has 0 aliphatic heterocycles. The molecule has 38 heavy (non-hydrogen) atoms. The van der Waals surface area contributed by atoms with Gasteiger partial charge in [-0.05, 0) is 36.6 Å². The lowest BCUT2D eigenvalue weighted by molar-refractivity contribution is -0.140. The highest BCUT2D eigenvalue weighted by Crippen LogP contribution is 2.16. The first kappa shape index (κ1) is 26.6. The van der Waals surface area contributed by atoms with Crippen LogP contribution in [0.3, 0.4) is 0 Å². The second-order valence-corrected chi connectivity index (χ2v) is 9.37. The van der Waals surface area contributed by atoms with E-state index in [9.17, 15) is 14.4 Å². The molecular weight excluding hydrogens is 476 g/mol.